The minimum absolute atomic E-state index is 0.123. The molecule has 2 rings (SSSR count). The highest BCUT2D eigenvalue weighted by molar-refractivity contribution is 5.83. The van der Waals surface area contributed by atoms with Crippen LogP contribution >= 0.6 is 0 Å². The maximum atomic E-state index is 12.5. The van der Waals surface area contributed by atoms with Crippen molar-refractivity contribution in [2.75, 3.05) is 27.2 Å². The van der Waals surface area contributed by atoms with E-state index >= 15 is 0 Å². The standard InChI is InChI=1S/C14H23N3O/c1-15-11-14(6-3-7-14)13(18)17(2)9-5-12-4-8-16-10-12/h4,8,10,15-16H,3,5-7,9,11H2,1-2H3. The molecule has 4 heteroatoms. The average Bonchev–Trinajstić information content (AvgIpc) is 2.83. The van der Waals surface area contributed by atoms with Crippen molar-refractivity contribution in [1.29, 1.82) is 0 Å². The Hall–Kier alpha value is -1.29. The number of hydrogen-bond donors (Lipinski definition) is 2. The lowest BCUT2D eigenvalue weighted by molar-refractivity contribution is -0.145. The van der Waals surface area contributed by atoms with Gasteiger partial charge in [0.05, 0.1) is 5.41 Å². The zero-order chi connectivity index (χ0) is 13.0. The quantitative estimate of drug-likeness (QED) is 0.800. The lowest BCUT2D eigenvalue weighted by Crippen LogP contribution is -2.51. The van der Waals surface area contributed by atoms with Gasteiger partial charge in [-0.15, -0.1) is 0 Å². The summed E-state index contributed by atoms with van der Waals surface area (Å²) in [5.74, 6) is 0.304. The van der Waals surface area contributed by atoms with Crippen LogP contribution in [0.2, 0.25) is 0 Å². The fourth-order valence-electron chi connectivity index (χ4n) is 2.73. The zero-order valence-corrected chi connectivity index (χ0v) is 11.3. The van der Waals surface area contributed by atoms with E-state index in [0.717, 1.165) is 32.4 Å². The number of hydrogen-bond acceptors (Lipinski definition) is 2. The van der Waals surface area contributed by atoms with Gasteiger partial charge in [0.2, 0.25) is 5.91 Å². The topological polar surface area (TPSA) is 48.1 Å². The molecule has 1 saturated carbocycles. The van der Waals surface area contributed by atoms with Crippen LogP contribution in [0, 0.1) is 5.41 Å². The van der Waals surface area contributed by atoms with Gasteiger partial charge in [-0.3, -0.25) is 4.79 Å². The maximum Gasteiger partial charge on any atom is 0.229 e. The Balaban J connectivity index is 1.87. The molecule has 0 spiro atoms. The molecule has 0 radical (unpaired) electrons. The molecule has 4 nitrogen and oxygen atoms in total. The lowest BCUT2D eigenvalue weighted by Gasteiger charge is -2.42. The molecule has 1 fully saturated rings. The van der Waals surface area contributed by atoms with Crippen LogP contribution in [-0.4, -0.2) is 43.0 Å². The number of carbonyl (C=O) groups excluding carboxylic acids is 1. The zero-order valence-electron chi connectivity index (χ0n) is 11.3. The number of carbonyl (C=O) groups is 1. The van der Waals surface area contributed by atoms with Gasteiger partial charge in [0.15, 0.2) is 0 Å². The smallest absolute Gasteiger partial charge is 0.229 e. The Morgan fingerprint density at radius 2 is 2.33 bits per heavy atom. The number of nitrogens with zero attached hydrogens (tertiary/aromatic N) is 1. The SMILES string of the molecule is CNCC1(C(=O)N(C)CCc2cc[nH]c2)CCC1. The van der Waals surface area contributed by atoms with Crippen molar-refractivity contribution in [3.63, 3.8) is 0 Å². The highest BCUT2D eigenvalue weighted by Crippen LogP contribution is 2.41. The summed E-state index contributed by atoms with van der Waals surface area (Å²) < 4.78 is 0. The first-order chi connectivity index (χ1) is 8.68. The minimum atomic E-state index is -0.123. The van der Waals surface area contributed by atoms with Gasteiger partial charge in [-0.25, -0.2) is 0 Å². The molecule has 1 heterocycles. The molecule has 2 N–H and O–H groups in total. The van der Waals surface area contributed by atoms with Crippen LogP contribution in [0.25, 0.3) is 0 Å². The third-order valence-corrected chi connectivity index (χ3v) is 4.02. The number of rotatable bonds is 6. The summed E-state index contributed by atoms with van der Waals surface area (Å²) in [6, 6.07) is 2.06. The van der Waals surface area contributed by atoms with Crippen molar-refractivity contribution in [1.82, 2.24) is 15.2 Å². The summed E-state index contributed by atoms with van der Waals surface area (Å²) in [4.78, 5) is 17.4. The van der Waals surface area contributed by atoms with Crippen molar-refractivity contribution in [3.8, 4) is 0 Å². The molecule has 0 aliphatic heterocycles. The highest BCUT2D eigenvalue weighted by Gasteiger charge is 2.44. The summed E-state index contributed by atoms with van der Waals surface area (Å²) >= 11 is 0. The molecule has 0 bridgehead atoms. The Bertz CT molecular complexity index is 382. The van der Waals surface area contributed by atoms with E-state index in [4.69, 9.17) is 0 Å². The minimum Gasteiger partial charge on any atom is -0.367 e. The molecule has 0 saturated heterocycles. The summed E-state index contributed by atoms with van der Waals surface area (Å²) in [6.07, 6.45) is 8.07. The van der Waals surface area contributed by atoms with E-state index in [1.165, 1.54) is 12.0 Å². The molecule has 1 amide bonds. The lowest BCUT2D eigenvalue weighted by atomic mass is 9.67. The number of H-pyrrole nitrogens is 1. The number of amides is 1. The molecule has 0 atom stereocenters. The normalized spacial score (nSPS) is 17.2. The van der Waals surface area contributed by atoms with Gasteiger partial charge in [0, 0.05) is 32.5 Å². The van der Waals surface area contributed by atoms with Crippen molar-refractivity contribution >= 4 is 5.91 Å². The Morgan fingerprint density at radius 1 is 1.56 bits per heavy atom. The molecule has 1 aliphatic rings. The molecule has 0 aromatic carbocycles. The first-order valence-electron chi connectivity index (χ1n) is 6.70. The molecule has 1 aromatic heterocycles. The van der Waals surface area contributed by atoms with Crippen LogP contribution in [-0.2, 0) is 11.2 Å². The van der Waals surface area contributed by atoms with Gasteiger partial charge in [-0.05, 0) is 37.9 Å². The molecular formula is C14H23N3O. The predicted octanol–water partition coefficient (Wildman–Crippen LogP) is 1.41. The Labute approximate surface area is 109 Å². The molecule has 0 unspecified atom stereocenters. The van der Waals surface area contributed by atoms with E-state index in [1.54, 1.807) is 0 Å². The van der Waals surface area contributed by atoms with E-state index in [2.05, 4.69) is 16.4 Å². The van der Waals surface area contributed by atoms with Gasteiger partial charge in [-0.1, -0.05) is 6.42 Å². The summed E-state index contributed by atoms with van der Waals surface area (Å²) in [6.45, 7) is 1.60. The van der Waals surface area contributed by atoms with Crippen LogP contribution in [0.1, 0.15) is 24.8 Å². The number of likely N-dealkylation sites (N-methyl/N-ethyl adjacent to an activating group) is 1. The van der Waals surface area contributed by atoms with Crippen LogP contribution in [0.15, 0.2) is 18.5 Å². The molecule has 100 valence electrons. The monoisotopic (exact) mass is 249 g/mol. The summed E-state index contributed by atoms with van der Waals surface area (Å²) in [7, 11) is 3.85. The van der Waals surface area contributed by atoms with Crippen LogP contribution in [0.5, 0.6) is 0 Å². The number of nitrogens with one attached hydrogen (secondary N) is 2. The third-order valence-electron chi connectivity index (χ3n) is 4.02. The first-order valence-corrected chi connectivity index (χ1v) is 6.70. The van der Waals surface area contributed by atoms with Gasteiger partial charge in [0.1, 0.15) is 0 Å². The Kier molecular flexibility index (Phi) is 4.07. The predicted molar refractivity (Wildman–Crippen MR) is 72.3 cm³/mol. The van der Waals surface area contributed by atoms with Crippen molar-refractivity contribution in [2.45, 2.75) is 25.7 Å². The number of aromatic nitrogens is 1. The van der Waals surface area contributed by atoms with Crippen LogP contribution in [0.4, 0.5) is 0 Å². The van der Waals surface area contributed by atoms with Crippen LogP contribution < -0.4 is 5.32 Å². The maximum absolute atomic E-state index is 12.5. The second-order valence-electron chi connectivity index (χ2n) is 5.36. The summed E-state index contributed by atoms with van der Waals surface area (Å²) in [5.41, 5.74) is 1.13. The second kappa shape index (κ2) is 5.57. The molecule has 1 aromatic rings. The molecular weight excluding hydrogens is 226 g/mol. The summed E-state index contributed by atoms with van der Waals surface area (Å²) in [5, 5.41) is 3.16. The van der Waals surface area contributed by atoms with Gasteiger partial charge in [-0.2, -0.15) is 0 Å². The van der Waals surface area contributed by atoms with E-state index in [-0.39, 0.29) is 5.41 Å². The Morgan fingerprint density at radius 3 is 2.83 bits per heavy atom. The average molecular weight is 249 g/mol. The fraction of sp³-hybridized carbons (Fsp3) is 0.643. The van der Waals surface area contributed by atoms with Crippen molar-refractivity contribution < 1.29 is 4.79 Å². The third kappa shape index (κ3) is 2.58. The molecule has 18 heavy (non-hydrogen) atoms. The fourth-order valence-corrected chi connectivity index (χ4v) is 2.73. The van der Waals surface area contributed by atoms with Gasteiger partial charge in [0.25, 0.3) is 0 Å². The van der Waals surface area contributed by atoms with E-state index in [9.17, 15) is 4.79 Å². The van der Waals surface area contributed by atoms with E-state index in [0.29, 0.717) is 5.91 Å². The largest absolute Gasteiger partial charge is 0.367 e. The first kappa shape index (κ1) is 13.1. The van der Waals surface area contributed by atoms with Gasteiger partial charge >= 0.3 is 0 Å². The second-order valence-corrected chi connectivity index (χ2v) is 5.36. The van der Waals surface area contributed by atoms with Gasteiger partial charge < -0.3 is 15.2 Å². The van der Waals surface area contributed by atoms with Crippen molar-refractivity contribution in [3.05, 3.63) is 24.0 Å². The number of aromatic amines is 1. The molecule has 1 aliphatic carbocycles. The van der Waals surface area contributed by atoms with E-state index in [1.807, 2.05) is 31.4 Å². The van der Waals surface area contributed by atoms with E-state index < -0.39 is 0 Å². The van der Waals surface area contributed by atoms with Crippen molar-refractivity contribution in [2.24, 2.45) is 5.41 Å². The van der Waals surface area contributed by atoms with Crippen LogP contribution in [0.3, 0.4) is 0 Å². The highest BCUT2D eigenvalue weighted by atomic mass is 16.2.